The summed E-state index contributed by atoms with van der Waals surface area (Å²) in [5.74, 6) is 0. The molecule has 0 fully saturated rings. The van der Waals surface area contributed by atoms with E-state index in [4.69, 9.17) is 5.11 Å². The molecule has 0 heterocycles. The first-order valence-corrected chi connectivity index (χ1v) is 3.23. The minimum absolute atomic E-state index is 0.113. The quantitative estimate of drug-likeness (QED) is 0.462. The van der Waals surface area contributed by atoms with Gasteiger partial charge in [0.2, 0.25) is 0 Å². The summed E-state index contributed by atoms with van der Waals surface area (Å²) in [5, 5.41) is 8.11. The molecule has 0 aliphatic rings. The smallest absolute Gasteiger partial charge is 0.450 e. The average Bonchev–Trinajstić information content (AvgIpc) is 1.60. The first-order chi connectivity index (χ1) is 4.34. The van der Waals surface area contributed by atoms with Gasteiger partial charge in [0.05, 0.1) is 0 Å². The van der Waals surface area contributed by atoms with Crippen molar-refractivity contribution in [2.75, 3.05) is 0 Å². The van der Waals surface area contributed by atoms with Gasteiger partial charge in [-0.2, -0.15) is 0 Å². The van der Waals surface area contributed by atoms with E-state index in [0.29, 0.717) is 0 Å². The average molecular weight is 144 g/mol. The first kappa shape index (κ1) is 9.33. The molecule has 4 heteroatoms. The van der Waals surface area contributed by atoms with E-state index in [-0.39, 0.29) is 11.4 Å². The molecule has 0 spiro atoms. The third kappa shape index (κ3) is 3.38. The van der Waals surface area contributed by atoms with Crippen molar-refractivity contribution < 1.29 is 14.6 Å². The summed E-state index contributed by atoms with van der Waals surface area (Å²) >= 11 is 0. The Morgan fingerprint density at radius 3 is 2.20 bits per heavy atom. The molecule has 0 saturated heterocycles. The van der Waals surface area contributed by atoms with E-state index in [1.807, 2.05) is 21.7 Å². The van der Waals surface area contributed by atoms with Crippen LogP contribution in [0.25, 0.3) is 0 Å². The second-order valence-corrected chi connectivity index (χ2v) is 3.39. The van der Waals surface area contributed by atoms with Crippen LogP contribution in [0.1, 0.15) is 20.8 Å². The summed E-state index contributed by atoms with van der Waals surface area (Å²) < 4.78 is 4.53. The maximum absolute atomic E-state index is 10.0. The van der Waals surface area contributed by atoms with Crippen LogP contribution in [0.5, 0.6) is 0 Å². The van der Waals surface area contributed by atoms with Crippen molar-refractivity contribution >= 4 is 14.0 Å². The van der Waals surface area contributed by atoms with E-state index < -0.39 is 6.16 Å². The zero-order chi connectivity index (χ0) is 8.36. The fraction of sp³-hybridized carbons (Fsp3) is 0.833. The molecular formula is C6H13BO3. The van der Waals surface area contributed by atoms with Gasteiger partial charge in [0, 0.05) is 0 Å². The SMILES string of the molecule is BC(C)(C)C(C)OC(=O)O. The van der Waals surface area contributed by atoms with Gasteiger partial charge in [0.15, 0.2) is 0 Å². The number of hydrogen-bond acceptors (Lipinski definition) is 2. The molecular weight excluding hydrogens is 131 g/mol. The molecule has 10 heavy (non-hydrogen) atoms. The first-order valence-electron chi connectivity index (χ1n) is 3.23. The van der Waals surface area contributed by atoms with Gasteiger partial charge in [-0.05, 0) is 12.2 Å². The Labute approximate surface area is 61.8 Å². The molecule has 0 radical (unpaired) electrons. The van der Waals surface area contributed by atoms with Crippen LogP contribution in [0.4, 0.5) is 4.79 Å². The van der Waals surface area contributed by atoms with Crippen LogP contribution in [0.15, 0.2) is 0 Å². The predicted molar refractivity (Wildman–Crippen MR) is 41.2 cm³/mol. The lowest BCUT2D eigenvalue weighted by molar-refractivity contribution is 0.0444. The van der Waals surface area contributed by atoms with E-state index in [9.17, 15) is 4.79 Å². The van der Waals surface area contributed by atoms with E-state index in [2.05, 4.69) is 4.74 Å². The van der Waals surface area contributed by atoms with Gasteiger partial charge in [-0.15, -0.1) is 0 Å². The zero-order valence-electron chi connectivity index (χ0n) is 6.84. The fourth-order valence-electron chi connectivity index (χ4n) is 0.328. The zero-order valence-corrected chi connectivity index (χ0v) is 6.84. The van der Waals surface area contributed by atoms with Gasteiger partial charge in [-0.1, -0.05) is 13.8 Å². The third-order valence-electron chi connectivity index (χ3n) is 1.50. The van der Waals surface area contributed by atoms with Gasteiger partial charge in [-0.3, -0.25) is 0 Å². The van der Waals surface area contributed by atoms with E-state index >= 15 is 0 Å². The summed E-state index contributed by atoms with van der Waals surface area (Å²) in [4.78, 5) is 10.0. The highest BCUT2D eigenvalue weighted by Gasteiger charge is 2.23. The molecule has 1 atom stereocenters. The summed E-state index contributed by atoms with van der Waals surface area (Å²) in [7, 11) is 1.93. The Kier molecular flexibility index (Phi) is 2.75. The van der Waals surface area contributed by atoms with E-state index in [1.54, 1.807) is 6.92 Å². The minimum Gasteiger partial charge on any atom is -0.450 e. The highest BCUT2D eigenvalue weighted by molar-refractivity contribution is 6.15. The molecule has 0 bridgehead atoms. The standard InChI is InChI=1S/C6H13BO3/c1-4(6(2,3)7)10-5(8)9/h4H,7H2,1-3H3,(H,8,9). The van der Waals surface area contributed by atoms with Gasteiger partial charge in [0.1, 0.15) is 14.0 Å². The van der Waals surface area contributed by atoms with Gasteiger partial charge < -0.3 is 9.84 Å². The molecule has 3 nitrogen and oxygen atoms in total. The molecule has 0 aromatic rings. The number of carboxylic acid groups (broad SMARTS) is 1. The Hall–Kier alpha value is -0.665. The van der Waals surface area contributed by atoms with Crippen LogP contribution in [0, 0.1) is 0 Å². The second kappa shape index (κ2) is 2.95. The fourth-order valence-corrected chi connectivity index (χ4v) is 0.328. The Balaban J connectivity index is 3.85. The Bertz CT molecular complexity index is 127. The van der Waals surface area contributed by atoms with Crippen molar-refractivity contribution in [1.29, 1.82) is 0 Å². The largest absolute Gasteiger partial charge is 0.506 e. The van der Waals surface area contributed by atoms with Crippen molar-refractivity contribution in [3.8, 4) is 0 Å². The van der Waals surface area contributed by atoms with Crippen molar-refractivity contribution in [2.45, 2.75) is 32.2 Å². The van der Waals surface area contributed by atoms with Crippen LogP contribution >= 0.6 is 0 Å². The molecule has 0 aromatic carbocycles. The van der Waals surface area contributed by atoms with Crippen molar-refractivity contribution in [2.24, 2.45) is 0 Å². The van der Waals surface area contributed by atoms with Gasteiger partial charge in [0.25, 0.3) is 0 Å². The lowest BCUT2D eigenvalue weighted by Gasteiger charge is -2.25. The van der Waals surface area contributed by atoms with Gasteiger partial charge >= 0.3 is 6.16 Å². The molecule has 0 rings (SSSR count). The summed E-state index contributed by atoms with van der Waals surface area (Å²) in [5.41, 5.74) is 0. The molecule has 58 valence electrons. The highest BCUT2D eigenvalue weighted by Crippen LogP contribution is 2.25. The van der Waals surface area contributed by atoms with Crippen LogP contribution < -0.4 is 0 Å². The van der Waals surface area contributed by atoms with Crippen molar-refractivity contribution in [3.05, 3.63) is 0 Å². The van der Waals surface area contributed by atoms with Crippen LogP contribution in [-0.4, -0.2) is 25.2 Å². The minimum atomic E-state index is -1.21. The number of rotatable bonds is 2. The van der Waals surface area contributed by atoms with E-state index in [1.165, 1.54) is 0 Å². The highest BCUT2D eigenvalue weighted by atomic mass is 16.7. The maximum atomic E-state index is 10.0. The summed E-state index contributed by atoms with van der Waals surface area (Å²) in [6.07, 6.45) is -1.47. The monoisotopic (exact) mass is 144 g/mol. The van der Waals surface area contributed by atoms with Crippen LogP contribution in [-0.2, 0) is 4.74 Å². The molecule has 0 amide bonds. The lowest BCUT2D eigenvalue weighted by atomic mass is 9.69. The van der Waals surface area contributed by atoms with Crippen LogP contribution in [0.2, 0.25) is 5.31 Å². The predicted octanol–water partition coefficient (Wildman–Crippen LogP) is 0.901. The molecule has 0 saturated carbocycles. The van der Waals surface area contributed by atoms with Crippen molar-refractivity contribution in [3.63, 3.8) is 0 Å². The normalized spacial score (nSPS) is 14.3. The topological polar surface area (TPSA) is 46.5 Å². The summed E-state index contributed by atoms with van der Waals surface area (Å²) in [6.45, 7) is 5.61. The number of hydrogen-bond donors (Lipinski definition) is 1. The van der Waals surface area contributed by atoms with E-state index in [0.717, 1.165) is 0 Å². The van der Waals surface area contributed by atoms with Crippen LogP contribution in [0.3, 0.4) is 0 Å². The van der Waals surface area contributed by atoms with Crippen molar-refractivity contribution in [1.82, 2.24) is 0 Å². The molecule has 0 aliphatic carbocycles. The Morgan fingerprint density at radius 1 is 1.70 bits per heavy atom. The Morgan fingerprint density at radius 2 is 2.10 bits per heavy atom. The molecule has 0 aromatic heterocycles. The second-order valence-electron chi connectivity index (χ2n) is 3.39. The third-order valence-corrected chi connectivity index (χ3v) is 1.50. The molecule has 0 aliphatic heterocycles. The summed E-state index contributed by atoms with van der Waals surface area (Å²) in [6, 6.07) is 0. The molecule has 1 unspecified atom stereocenters. The lowest BCUT2D eigenvalue weighted by Crippen LogP contribution is -2.25. The van der Waals surface area contributed by atoms with Gasteiger partial charge in [-0.25, -0.2) is 4.79 Å². The maximum Gasteiger partial charge on any atom is 0.506 e. The number of carbonyl (C=O) groups is 1. The molecule has 1 N–H and O–H groups in total. The number of ether oxygens (including phenoxy) is 1.